The van der Waals surface area contributed by atoms with Crippen molar-refractivity contribution in [3.05, 3.63) is 35.9 Å². The van der Waals surface area contributed by atoms with Crippen LogP contribution in [0.3, 0.4) is 0 Å². The lowest BCUT2D eigenvalue weighted by molar-refractivity contribution is -0.130. The Hall–Kier alpha value is -2.08. The van der Waals surface area contributed by atoms with E-state index in [1.54, 1.807) is 4.90 Å². The lowest BCUT2D eigenvalue weighted by Crippen LogP contribution is -2.60. The van der Waals surface area contributed by atoms with E-state index in [4.69, 9.17) is 15.2 Å². The van der Waals surface area contributed by atoms with E-state index < -0.39 is 0 Å². The van der Waals surface area contributed by atoms with Crippen molar-refractivity contribution in [1.29, 1.82) is 0 Å². The van der Waals surface area contributed by atoms with E-state index >= 15 is 0 Å². The molecule has 0 aromatic heterocycles. The van der Waals surface area contributed by atoms with E-state index in [2.05, 4.69) is 0 Å². The summed E-state index contributed by atoms with van der Waals surface area (Å²) in [5, 5.41) is 0. The van der Waals surface area contributed by atoms with Crippen molar-refractivity contribution in [2.24, 2.45) is 11.7 Å². The summed E-state index contributed by atoms with van der Waals surface area (Å²) in [7, 11) is 0. The highest BCUT2D eigenvalue weighted by atomic mass is 16.6. The SMILES string of the molecule is NC(=O)C1CC2COCC(C1)N2C(=O)OCc1ccccc1. The van der Waals surface area contributed by atoms with E-state index in [-0.39, 0.29) is 36.6 Å². The average molecular weight is 304 g/mol. The number of fused-ring (bicyclic) bond motifs is 2. The van der Waals surface area contributed by atoms with Gasteiger partial charge in [0.25, 0.3) is 0 Å². The van der Waals surface area contributed by atoms with Crippen LogP contribution in [0.25, 0.3) is 0 Å². The average Bonchev–Trinajstić information content (AvgIpc) is 2.52. The van der Waals surface area contributed by atoms with Gasteiger partial charge in [-0.3, -0.25) is 9.69 Å². The predicted molar refractivity (Wildman–Crippen MR) is 78.8 cm³/mol. The third kappa shape index (κ3) is 3.06. The fourth-order valence-electron chi connectivity index (χ4n) is 3.24. The van der Waals surface area contributed by atoms with Crippen molar-refractivity contribution in [2.75, 3.05) is 13.2 Å². The van der Waals surface area contributed by atoms with Gasteiger partial charge in [-0.15, -0.1) is 0 Å². The Morgan fingerprint density at radius 1 is 1.18 bits per heavy atom. The van der Waals surface area contributed by atoms with Crippen molar-refractivity contribution in [3.8, 4) is 0 Å². The van der Waals surface area contributed by atoms with Gasteiger partial charge in [0.15, 0.2) is 0 Å². The molecule has 2 saturated heterocycles. The molecule has 0 spiro atoms. The van der Waals surface area contributed by atoms with Crippen molar-refractivity contribution in [2.45, 2.75) is 31.5 Å². The predicted octanol–water partition coefficient (Wildman–Crippen LogP) is 1.29. The van der Waals surface area contributed by atoms with Gasteiger partial charge in [0.1, 0.15) is 6.61 Å². The molecule has 2 bridgehead atoms. The van der Waals surface area contributed by atoms with E-state index in [0.717, 1.165) is 5.56 Å². The van der Waals surface area contributed by atoms with Crippen molar-refractivity contribution < 1.29 is 19.1 Å². The molecule has 2 aliphatic heterocycles. The molecule has 2 aliphatic rings. The molecule has 6 nitrogen and oxygen atoms in total. The summed E-state index contributed by atoms with van der Waals surface area (Å²) < 4.78 is 10.9. The number of amides is 2. The maximum atomic E-state index is 12.4. The van der Waals surface area contributed by atoms with Gasteiger partial charge in [-0.1, -0.05) is 30.3 Å². The summed E-state index contributed by atoms with van der Waals surface area (Å²) in [6.45, 7) is 1.11. The molecule has 1 aromatic carbocycles. The van der Waals surface area contributed by atoms with Crippen LogP contribution in [0, 0.1) is 5.92 Å². The molecule has 0 radical (unpaired) electrons. The Labute approximate surface area is 129 Å². The third-order valence-corrected chi connectivity index (χ3v) is 4.34. The summed E-state index contributed by atoms with van der Waals surface area (Å²) in [6, 6.07) is 9.30. The fraction of sp³-hybridized carbons (Fsp3) is 0.500. The lowest BCUT2D eigenvalue weighted by Gasteiger charge is -2.46. The van der Waals surface area contributed by atoms with Crippen molar-refractivity contribution in [3.63, 3.8) is 0 Å². The van der Waals surface area contributed by atoms with Gasteiger partial charge in [0.05, 0.1) is 25.3 Å². The first-order chi connectivity index (χ1) is 10.6. The second kappa shape index (κ2) is 6.36. The number of nitrogens with two attached hydrogens (primary N) is 1. The zero-order valence-corrected chi connectivity index (χ0v) is 12.3. The van der Waals surface area contributed by atoms with Gasteiger partial charge in [-0.2, -0.15) is 0 Å². The summed E-state index contributed by atoms with van der Waals surface area (Å²) >= 11 is 0. The van der Waals surface area contributed by atoms with Crippen LogP contribution in [0.4, 0.5) is 4.79 Å². The number of piperidine rings is 1. The first-order valence-corrected chi connectivity index (χ1v) is 7.51. The number of nitrogens with zero attached hydrogens (tertiary/aromatic N) is 1. The molecule has 2 atom stereocenters. The molecule has 0 aliphatic carbocycles. The van der Waals surface area contributed by atoms with Gasteiger partial charge in [-0.05, 0) is 18.4 Å². The molecular formula is C16H20N2O4. The van der Waals surface area contributed by atoms with Crippen LogP contribution in [0.5, 0.6) is 0 Å². The highest BCUT2D eigenvalue weighted by Crippen LogP contribution is 2.32. The number of primary amides is 1. The molecule has 2 N–H and O–H groups in total. The summed E-state index contributed by atoms with van der Waals surface area (Å²) in [5.74, 6) is -0.480. The number of benzene rings is 1. The number of hydrogen-bond donors (Lipinski definition) is 1. The minimum atomic E-state index is -0.343. The zero-order chi connectivity index (χ0) is 15.5. The molecule has 2 amide bonds. The Kier molecular flexibility index (Phi) is 4.29. The standard InChI is InChI=1S/C16H20N2O4/c17-15(19)12-6-13-9-21-10-14(7-12)18(13)16(20)22-8-11-4-2-1-3-5-11/h1-5,12-14H,6-10H2,(H2,17,19). The molecule has 2 heterocycles. The normalized spacial score (nSPS) is 27.3. The molecule has 3 rings (SSSR count). The Balaban J connectivity index is 1.63. The van der Waals surface area contributed by atoms with Crippen LogP contribution in [-0.4, -0.2) is 42.2 Å². The maximum absolute atomic E-state index is 12.4. The second-order valence-corrected chi connectivity index (χ2v) is 5.86. The number of morpholine rings is 1. The number of hydrogen-bond acceptors (Lipinski definition) is 4. The van der Waals surface area contributed by atoms with Gasteiger partial charge in [0.2, 0.25) is 5.91 Å². The van der Waals surface area contributed by atoms with Crippen LogP contribution in [0.15, 0.2) is 30.3 Å². The lowest BCUT2D eigenvalue weighted by atomic mass is 9.85. The fourth-order valence-corrected chi connectivity index (χ4v) is 3.24. The Morgan fingerprint density at radius 2 is 1.82 bits per heavy atom. The topological polar surface area (TPSA) is 81.9 Å². The number of ether oxygens (including phenoxy) is 2. The smallest absolute Gasteiger partial charge is 0.410 e. The highest BCUT2D eigenvalue weighted by molar-refractivity contribution is 5.77. The van der Waals surface area contributed by atoms with E-state index in [1.165, 1.54) is 0 Å². The molecule has 118 valence electrons. The first kappa shape index (κ1) is 14.8. The molecule has 22 heavy (non-hydrogen) atoms. The minimum Gasteiger partial charge on any atom is -0.445 e. The van der Waals surface area contributed by atoms with Crippen LogP contribution in [-0.2, 0) is 20.9 Å². The van der Waals surface area contributed by atoms with Crippen molar-refractivity contribution in [1.82, 2.24) is 4.90 Å². The van der Waals surface area contributed by atoms with Crippen LogP contribution in [0.1, 0.15) is 18.4 Å². The number of rotatable bonds is 3. The van der Waals surface area contributed by atoms with Crippen LogP contribution < -0.4 is 5.73 Å². The Bertz CT molecular complexity index is 534. The minimum absolute atomic E-state index is 0.131. The molecule has 1 aromatic rings. The summed E-state index contributed by atoms with van der Waals surface area (Å²) in [4.78, 5) is 25.5. The number of carbonyl (C=O) groups excluding carboxylic acids is 2. The monoisotopic (exact) mass is 304 g/mol. The maximum Gasteiger partial charge on any atom is 0.410 e. The summed E-state index contributed by atoms with van der Waals surface area (Å²) in [6.07, 6.45) is 0.753. The van der Waals surface area contributed by atoms with Crippen LogP contribution in [0.2, 0.25) is 0 Å². The van der Waals surface area contributed by atoms with E-state index in [0.29, 0.717) is 26.1 Å². The quantitative estimate of drug-likeness (QED) is 0.912. The largest absolute Gasteiger partial charge is 0.445 e. The van der Waals surface area contributed by atoms with Gasteiger partial charge in [-0.25, -0.2) is 4.79 Å². The van der Waals surface area contributed by atoms with E-state index in [9.17, 15) is 9.59 Å². The number of carbonyl (C=O) groups is 2. The zero-order valence-electron chi connectivity index (χ0n) is 12.3. The van der Waals surface area contributed by atoms with Crippen molar-refractivity contribution >= 4 is 12.0 Å². The molecule has 2 unspecified atom stereocenters. The van der Waals surface area contributed by atoms with Gasteiger partial charge >= 0.3 is 6.09 Å². The van der Waals surface area contributed by atoms with E-state index in [1.807, 2.05) is 30.3 Å². The summed E-state index contributed by atoms with van der Waals surface area (Å²) in [5.41, 5.74) is 6.36. The van der Waals surface area contributed by atoms with Crippen LogP contribution >= 0.6 is 0 Å². The first-order valence-electron chi connectivity index (χ1n) is 7.51. The molecule has 2 fully saturated rings. The van der Waals surface area contributed by atoms with Gasteiger partial charge in [0, 0.05) is 5.92 Å². The second-order valence-electron chi connectivity index (χ2n) is 5.86. The highest BCUT2D eigenvalue weighted by Gasteiger charge is 2.43. The molecular weight excluding hydrogens is 284 g/mol. The molecule has 6 heteroatoms. The van der Waals surface area contributed by atoms with Gasteiger partial charge < -0.3 is 15.2 Å². The third-order valence-electron chi connectivity index (χ3n) is 4.34. The Morgan fingerprint density at radius 3 is 2.41 bits per heavy atom. The molecule has 0 saturated carbocycles.